The molecule has 1 aromatic carbocycles. The van der Waals surface area contributed by atoms with Crippen LogP contribution < -0.4 is 4.74 Å². The molecule has 26 heavy (non-hydrogen) atoms. The standard InChI is InChI=1S/C18H14FN5O2/c1-24-9-13(21-10-24)15-14-12(7-8-20-15)17(25)23-18(22-14)26-16(19)11-5-3-2-4-6-11/h2-10,16H,1H3,(H,22,23,25). The number of aromatic hydroxyl groups is 1. The average molecular weight is 351 g/mol. The van der Waals surface area contributed by atoms with Crippen molar-refractivity contribution in [3.63, 3.8) is 0 Å². The lowest BCUT2D eigenvalue weighted by Gasteiger charge is -2.11. The highest BCUT2D eigenvalue weighted by Gasteiger charge is 2.18. The zero-order valence-corrected chi connectivity index (χ0v) is 13.7. The smallest absolute Gasteiger partial charge is 0.323 e. The number of hydrogen-bond acceptors (Lipinski definition) is 6. The molecule has 4 aromatic rings. The van der Waals surface area contributed by atoms with E-state index in [9.17, 15) is 9.50 Å². The van der Waals surface area contributed by atoms with Gasteiger partial charge in [-0.1, -0.05) is 30.3 Å². The van der Waals surface area contributed by atoms with Crippen LogP contribution in [0, 0.1) is 0 Å². The van der Waals surface area contributed by atoms with Gasteiger partial charge in [0, 0.05) is 25.0 Å². The van der Waals surface area contributed by atoms with Gasteiger partial charge in [0.15, 0.2) is 0 Å². The SMILES string of the molecule is Cn1cnc(-c2nccc3c(O)nc(OC(F)c4ccccc4)nc23)c1. The molecule has 1 unspecified atom stereocenters. The van der Waals surface area contributed by atoms with E-state index in [1.165, 1.54) is 6.20 Å². The molecule has 130 valence electrons. The average Bonchev–Trinajstić information content (AvgIpc) is 3.08. The van der Waals surface area contributed by atoms with Gasteiger partial charge >= 0.3 is 6.01 Å². The van der Waals surface area contributed by atoms with E-state index in [1.54, 1.807) is 53.5 Å². The number of benzene rings is 1. The molecule has 3 aromatic heterocycles. The Labute approximate surface area is 147 Å². The van der Waals surface area contributed by atoms with Crippen molar-refractivity contribution < 1.29 is 14.2 Å². The van der Waals surface area contributed by atoms with E-state index in [0.717, 1.165) is 0 Å². The van der Waals surface area contributed by atoms with Crippen molar-refractivity contribution >= 4 is 10.9 Å². The molecule has 7 nitrogen and oxygen atoms in total. The number of alkyl halides is 1. The lowest BCUT2D eigenvalue weighted by atomic mass is 10.2. The van der Waals surface area contributed by atoms with Crippen molar-refractivity contribution in [2.75, 3.05) is 0 Å². The first kappa shape index (κ1) is 15.9. The molecule has 1 atom stereocenters. The maximum absolute atomic E-state index is 14.4. The van der Waals surface area contributed by atoms with Gasteiger partial charge in [0.25, 0.3) is 6.36 Å². The van der Waals surface area contributed by atoms with Gasteiger partial charge in [-0.25, -0.2) is 4.98 Å². The zero-order valence-electron chi connectivity index (χ0n) is 13.7. The van der Waals surface area contributed by atoms with Crippen LogP contribution in [0.3, 0.4) is 0 Å². The fourth-order valence-corrected chi connectivity index (χ4v) is 2.56. The first-order valence-corrected chi connectivity index (χ1v) is 7.81. The van der Waals surface area contributed by atoms with Crippen LogP contribution in [-0.4, -0.2) is 29.6 Å². The summed E-state index contributed by atoms with van der Waals surface area (Å²) in [4.78, 5) is 16.6. The van der Waals surface area contributed by atoms with Gasteiger partial charge in [0.2, 0.25) is 5.88 Å². The van der Waals surface area contributed by atoms with Crippen LogP contribution in [0.15, 0.2) is 55.1 Å². The summed E-state index contributed by atoms with van der Waals surface area (Å²) in [5.41, 5.74) is 1.67. The maximum Gasteiger partial charge on any atom is 0.323 e. The van der Waals surface area contributed by atoms with Crippen molar-refractivity contribution in [3.05, 3.63) is 60.7 Å². The van der Waals surface area contributed by atoms with Gasteiger partial charge in [0.05, 0.1) is 11.7 Å². The third-order valence-electron chi connectivity index (χ3n) is 3.79. The normalized spacial score (nSPS) is 12.2. The molecule has 0 aliphatic carbocycles. The summed E-state index contributed by atoms with van der Waals surface area (Å²) in [5, 5.41) is 10.6. The van der Waals surface area contributed by atoms with Gasteiger partial charge in [-0.15, -0.1) is 0 Å². The second-order valence-corrected chi connectivity index (χ2v) is 5.65. The molecule has 0 radical (unpaired) electrons. The molecule has 0 saturated carbocycles. The second-order valence-electron chi connectivity index (χ2n) is 5.65. The molecule has 0 saturated heterocycles. The summed E-state index contributed by atoms with van der Waals surface area (Å²) < 4.78 is 21.3. The van der Waals surface area contributed by atoms with Crippen LogP contribution in [0.5, 0.6) is 11.9 Å². The van der Waals surface area contributed by atoms with Crippen molar-refractivity contribution in [1.29, 1.82) is 0 Å². The van der Waals surface area contributed by atoms with Crippen LogP contribution in [0.4, 0.5) is 4.39 Å². The Balaban J connectivity index is 1.77. The highest BCUT2D eigenvalue weighted by Crippen LogP contribution is 2.31. The van der Waals surface area contributed by atoms with Gasteiger partial charge in [-0.05, 0) is 6.07 Å². The Morgan fingerprint density at radius 3 is 2.65 bits per heavy atom. The third-order valence-corrected chi connectivity index (χ3v) is 3.79. The predicted octanol–water partition coefficient (Wildman–Crippen LogP) is 3.18. The van der Waals surface area contributed by atoms with Crippen molar-refractivity contribution in [1.82, 2.24) is 24.5 Å². The maximum atomic E-state index is 14.4. The minimum absolute atomic E-state index is 0.281. The zero-order chi connectivity index (χ0) is 18.1. The predicted molar refractivity (Wildman–Crippen MR) is 92.1 cm³/mol. The first-order chi connectivity index (χ1) is 12.6. The van der Waals surface area contributed by atoms with Crippen molar-refractivity contribution in [2.45, 2.75) is 6.36 Å². The van der Waals surface area contributed by atoms with Crippen molar-refractivity contribution in [2.24, 2.45) is 7.05 Å². The Morgan fingerprint density at radius 1 is 1.12 bits per heavy atom. The molecular weight excluding hydrogens is 337 g/mol. The number of halogens is 1. The largest absolute Gasteiger partial charge is 0.493 e. The summed E-state index contributed by atoms with van der Waals surface area (Å²) in [7, 11) is 1.83. The highest BCUT2D eigenvalue weighted by molar-refractivity contribution is 5.93. The Morgan fingerprint density at radius 2 is 1.92 bits per heavy atom. The van der Waals surface area contributed by atoms with E-state index in [4.69, 9.17) is 4.74 Å². The van der Waals surface area contributed by atoms with E-state index in [0.29, 0.717) is 27.9 Å². The van der Waals surface area contributed by atoms with Gasteiger partial charge < -0.3 is 14.4 Å². The Kier molecular flexibility index (Phi) is 3.92. The third kappa shape index (κ3) is 2.92. The molecule has 3 heterocycles. The lowest BCUT2D eigenvalue weighted by molar-refractivity contribution is 0.0569. The Hall–Kier alpha value is -3.55. The minimum atomic E-state index is -1.76. The summed E-state index contributed by atoms with van der Waals surface area (Å²) in [6, 6.07) is 9.65. The summed E-state index contributed by atoms with van der Waals surface area (Å²) in [6.07, 6.45) is 3.16. The van der Waals surface area contributed by atoms with E-state index in [-0.39, 0.29) is 11.9 Å². The first-order valence-electron chi connectivity index (χ1n) is 7.81. The number of pyridine rings is 1. The molecule has 0 aliphatic rings. The lowest BCUT2D eigenvalue weighted by Crippen LogP contribution is -2.05. The number of aryl methyl sites for hydroxylation is 1. The molecule has 4 rings (SSSR count). The molecule has 1 N–H and O–H groups in total. The van der Waals surface area contributed by atoms with E-state index in [1.807, 2.05) is 7.05 Å². The fourth-order valence-electron chi connectivity index (χ4n) is 2.56. The number of hydrogen-bond donors (Lipinski definition) is 1. The van der Waals surface area contributed by atoms with Gasteiger partial charge in [0.1, 0.15) is 16.9 Å². The summed E-state index contributed by atoms with van der Waals surface area (Å²) >= 11 is 0. The van der Waals surface area contributed by atoms with Gasteiger partial charge in [-0.2, -0.15) is 14.4 Å². The van der Waals surface area contributed by atoms with Crippen molar-refractivity contribution in [3.8, 4) is 23.3 Å². The Bertz CT molecular complexity index is 1070. The number of rotatable bonds is 4. The molecule has 0 aliphatic heterocycles. The molecule has 0 fully saturated rings. The van der Waals surface area contributed by atoms with Crippen LogP contribution in [0.25, 0.3) is 22.3 Å². The van der Waals surface area contributed by atoms with Crippen LogP contribution >= 0.6 is 0 Å². The van der Waals surface area contributed by atoms with Crippen LogP contribution in [-0.2, 0) is 7.05 Å². The van der Waals surface area contributed by atoms with Crippen LogP contribution in [0.2, 0.25) is 0 Å². The molecular formula is C18H14FN5O2. The molecule has 0 bridgehead atoms. The quantitative estimate of drug-likeness (QED) is 0.608. The fraction of sp³-hybridized carbons (Fsp3) is 0.111. The van der Waals surface area contributed by atoms with Gasteiger partial charge in [-0.3, -0.25) is 4.98 Å². The monoisotopic (exact) mass is 351 g/mol. The number of nitrogens with zero attached hydrogens (tertiary/aromatic N) is 5. The topological polar surface area (TPSA) is 86.0 Å². The number of fused-ring (bicyclic) bond motifs is 1. The minimum Gasteiger partial charge on any atom is -0.493 e. The second kappa shape index (κ2) is 6.40. The number of aromatic nitrogens is 5. The molecule has 0 spiro atoms. The summed E-state index contributed by atoms with van der Waals surface area (Å²) in [6.45, 7) is 0. The van der Waals surface area contributed by atoms with E-state index >= 15 is 0 Å². The number of ether oxygens (including phenoxy) is 1. The summed E-state index contributed by atoms with van der Waals surface area (Å²) in [5.74, 6) is -0.315. The molecule has 0 amide bonds. The number of imidazole rings is 1. The highest BCUT2D eigenvalue weighted by atomic mass is 19.1. The van der Waals surface area contributed by atoms with E-state index < -0.39 is 6.36 Å². The van der Waals surface area contributed by atoms with Crippen LogP contribution in [0.1, 0.15) is 11.9 Å². The molecule has 8 heteroatoms. The van der Waals surface area contributed by atoms with E-state index in [2.05, 4.69) is 19.9 Å².